The number of hydrogen-bond acceptors (Lipinski definition) is 6. The minimum absolute atomic E-state index is 0.0174. The average molecular weight is 476 g/mol. The third kappa shape index (κ3) is 7.35. The summed E-state index contributed by atoms with van der Waals surface area (Å²) in [4.78, 5) is 32.0. The van der Waals surface area contributed by atoms with Crippen LogP contribution in [0.2, 0.25) is 0 Å². The Labute approximate surface area is 204 Å². The lowest BCUT2D eigenvalue weighted by molar-refractivity contribution is -0.140. The van der Waals surface area contributed by atoms with Gasteiger partial charge in [0.1, 0.15) is 12.4 Å². The Hall–Kier alpha value is -3.78. The highest BCUT2D eigenvalue weighted by molar-refractivity contribution is 5.89. The van der Waals surface area contributed by atoms with Gasteiger partial charge in [-0.3, -0.25) is 10.1 Å². The summed E-state index contributed by atoms with van der Waals surface area (Å²) in [6.45, 7) is 2.15. The standard InChI is InChI=1S/C27H29N3O5/c1-18(21-5-3-2-4-6-21)35-27(33)30-24-15-28-17-29-26(24)22-11-9-20(10-12-22)16-34-23(14-25(31)32)13-19-7-8-19/h2-6,9-12,15,17-19,23H,7-8,13-14,16H2,1H3,(H,30,33)(H,31,32). The number of amides is 1. The minimum Gasteiger partial charge on any atom is -0.481 e. The summed E-state index contributed by atoms with van der Waals surface area (Å²) in [6.07, 6.45) is 4.79. The molecular weight excluding hydrogens is 446 g/mol. The maximum atomic E-state index is 12.5. The van der Waals surface area contributed by atoms with Crippen LogP contribution >= 0.6 is 0 Å². The van der Waals surface area contributed by atoms with Crippen LogP contribution < -0.4 is 5.32 Å². The zero-order valence-corrected chi connectivity index (χ0v) is 19.6. The second kappa shape index (κ2) is 11.6. The van der Waals surface area contributed by atoms with Crippen LogP contribution in [0.15, 0.2) is 67.1 Å². The van der Waals surface area contributed by atoms with E-state index in [0.717, 1.165) is 36.0 Å². The van der Waals surface area contributed by atoms with E-state index in [4.69, 9.17) is 14.6 Å². The van der Waals surface area contributed by atoms with Crippen LogP contribution in [-0.4, -0.2) is 33.2 Å². The molecule has 3 aromatic rings. The minimum atomic E-state index is -0.841. The molecule has 35 heavy (non-hydrogen) atoms. The first-order chi connectivity index (χ1) is 17.0. The van der Waals surface area contributed by atoms with Crippen LogP contribution in [0, 0.1) is 5.92 Å². The van der Waals surface area contributed by atoms with Crippen molar-refractivity contribution in [1.29, 1.82) is 0 Å². The van der Waals surface area contributed by atoms with E-state index in [1.54, 1.807) is 0 Å². The lowest BCUT2D eigenvalue weighted by Crippen LogP contribution is -2.18. The Morgan fingerprint density at radius 2 is 1.86 bits per heavy atom. The molecule has 8 heteroatoms. The lowest BCUT2D eigenvalue weighted by Gasteiger charge is -2.16. The fraction of sp³-hybridized carbons (Fsp3) is 0.333. The molecule has 1 heterocycles. The Balaban J connectivity index is 1.37. The van der Waals surface area contributed by atoms with Crippen molar-refractivity contribution in [3.8, 4) is 11.3 Å². The van der Waals surface area contributed by atoms with Crippen molar-refractivity contribution in [2.45, 2.75) is 51.4 Å². The van der Waals surface area contributed by atoms with Crippen LogP contribution in [0.5, 0.6) is 0 Å². The molecule has 182 valence electrons. The summed E-state index contributed by atoms with van der Waals surface area (Å²) in [5.41, 5.74) is 3.62. The Morgan fingerprint density at radius 1 is 1.11 bits per heavy atom. The number of carbonyl (C=O) groups excluding carboxylic acids is 1. The number of carbonyl (C=O) groups is 2. The number of nitrogens with one attached hydrogen (secondary N) is 1. The van der Waals surface area contributed by atoms with Gasteiger partial charge in [-0.15, -0.1) is 0 Å². The highest BCUT2D eigenvalue weighted by Gasteiger charge is 2.27. The van der Waals surface area contributed by atoms with Gasteiger partial charge < -0.3 is 14.6 Å². The molecule has 1 fully saturated rings. The number of aliphatic carboxylic acids is 1. The Morgan fingerprint density at radius 3 is 2.54 bits per heavy atom. The lowest BCUT2D eigenvalue weighted by atomic mass is 10.1. The van der Waals surface area contributed by atoms with E-state index >= 15 is 0 Å². The van der Waals surface area contributed by atoms with Gasteiger partial charge in [0.25, 0.3) is 0 Å². The zero-order chi connectivity index (χ0) is 24.6. The molecule has 1 aliphatic carbocycles. The summed E-state index contributed by atoms with van der Waals surface area (Å²) in [5.74, 6) is -0.251. The highest BCUT2D eigenvalue weighted by atomic mass is 16.6. The van der Waals surface area contributed by atoms with E-state index in [1.807, 2.05) is 61.5 Å². The summed E-state index contributed by atoms with van der Waals surface area (Å²) in [6, 6.07) is 17.1. The van der Waals surface area contributed by atoms with Crippen LogP contribution in [-0.2, 0) is 20.9 Å². The number of carboxylic acids is 1. The quantitative estimate of drug-likeness (QED) is 0.371. The average Bonchev–Trinajstić information content (AvgIpc) is 3.67. The normalized spacial score (nSPS) is 14.7. The van der Waals surface area contributed by atoms with E-state index in [2.05, 4.69) is 15.3 Å². The number of hydrogen-bond donors (Lipinski definition) is 2. The number of carboxylic acid groups (broad SMARTS) is 1. The molecule has 2 unspecified atom stereocenters. The molecule has 8 nitrogen and oxygen atoms in total. The molecule has 1 aromatic heterocycles. The van der Waals surface area contributed by atoms with E-state index in [9.17, 15) is 9.59 Å². The molecule has 0 aliphatic heterocycles. The third-order valence-corrected chi connectivity index (χ3v) is 5.91. The molecule has 0 saturated heterocycles. The first-order valence-corrected chi connectivity index (χ1v) is 11.7. The van der Waals surface area contributed by atoms with E-state index in [1.165, 1.54) is 12.5 Å². The molecule has 1 aliphatic rings. The van der Waals surface area contributed by atoms with Crippen molar-refractivity contribution in [3.63, 3.8) is 0 Å². The highest BCUT2D eigenvalue weighted by Crippen LogP contribution is 2.35. The first kappa shape index (κ1) is 24.3. The van der Waals surface area contributed by atoms with Crippen molar-refractivity contribution in [3.05, 3.63) is 78.2 Å². The predicted octanol–water partition coefficient (Wildman–Crippen LogP) is 5.61. The molecular formula is C27H29N3O5. The summed E-state index contributed by atoms with van der Waals surface area (Å²) in [7, 11) is 0. The second-order valence-electron chi connectivity index (χ2n) is 8.78. The summed E-state index contributed by atoms with van der Waals surface area (Å²) >= 11 is 0. The smallest absolute Gasteiger partial charge is 0.412 e. The monoisotopic (exact) mass is 475 g/mol. The maximum absolute atomic E-state index is 12.5. The topological polar surface area (TPSA) is 111 Å². The van der Waals surface area contributed by atoms with Crippen molar-refractivity contribution in [2.24, 2.45) is 5.92 Å². The van der Waals surface area contributed by atoms with Gasteiger partial charge in [-0.1, -0.05) is 67.4 Å². The second-order valence-corrected chi connectivity index (χ2v) is 8.78. The predicted molar refractivity (Wildman–Crippen MR) is 131 cm³/mol. The van der Waals surface area contributed by atoms with Crippen LogP contribution in [0.4, 0.5) is 10.5 Å². The number of nitrogens with zero attached hydrogens (tertiary/aromatic N) is 2. The van der Waals surface area contributed by atoms with Crippen molar-refractivity contribution in [2.75, 3.05) is 5.32 Å². The van der Waals surface area contributed by atoms with Crippen LogP contribution in [0.1, 0.15) is 49.8 Å². The number of ether oxygens (including phenoxy) is 2. The molecule has 0 radical (unpaired) electrons. The molecule has 1 saturated carbocycles. The fourth-order valence-corrected chi connectivity index (χ4v) is 3.85. The van der Waals surface area contributed by atoms with Gasteiger partial charge in [-0.2, -0.15) is 0 Å². The maximum Gasteiger partial charge on any atom is 0.412 e. The molecule has 1 amide bonds. The Kier molecular flexibility index (Phi) is 8.05. The molecule has 0 bridgehead atoms. The number of benzene rings is 2. The molecule has 2 atom stereocenters. The van der Waals surface area contributed by atoms with Crippen molar-refractivity contribution >= 4 is 17.7 Å². The van der Waals surface area contributed by atoms with E-state index < -0.39 is 18.2 Å². The number of rotatable bonds is 11. The van der Waals surface area contributed by atoms with Crippen molar-refractivity contribution in [1.82, 2.24) is 9.97 Å². The van der Waals surface area contributed by atoms with E-state index in [0.29, 0.717) is 23.9 Å². The van der Waals surface area contributed by atoms with Crippen LogP contribution in [0.3, 0.4) is 0 Å². The van der Waals surface area contributed by atoms with Gasteiger partial charge in [0.15, 0.2) is 0 Å². The van der Waals surface area contributed by atoms with Gasteiger partial charge in [-0.05, 0) is 30.4 Å². The van der Waals surface area contributed by atoms with E-state index in [-0.39, 0.29) is 12.5 Å². The SMILES string of the molecule is CC(OC(=O)Nc1cncnc1-c1ccc(COC(CC(=O)O)CC2CC2)cc1)c1ccccc1. The molecule has 0 spiro atoms. The molecule has 4 rings (SSSR count). The van der Waals surface area contributed by atoms with Gasteiger partial charge in [0.2, 0.25) is 0 Å². The summed E-state index contributed by atoms with van der Waals surface area (Å²) in [5, 5.41) is 11.9. The molecule has 2 aromatic carbocycles. The van der Waals surface area contributed by atoms with Crippen LogP contribution in [0.25, 0.3) is 11.3 Å². The number of aromatic nitrogens is 2. The van der Waals surface area contributed by atoms with Gasteiger partial charge >= 0.3 is 12.1 Å². The summed E-state index contributed by atoms with van der Waals surface area (Å²) < 4.78 is 11.4. The van der Waals surface area contributed by atoms with Crippen molar-refractivity contribution < 1.29 is 24.2 Å². The van der Waals surface area contributed by atoms with Gasteiger partial charge in [0, 0.05) is 5.56 Å². The zero-order valence-electron chi connectivity index (χ0n) is 19.6. The fourth-order valence-electron chi connectivity index (χ4n) is 3.85. The first-order valence-electron chi connectivity index (χ1n) is 11.7. The Bertz CT molecular complexity index is 1130. The largest absolute Gasteiger partial charge is 0.481 e. The number of anilines is 1. The third-order valence-electron chi connectivity index (χ3n) is 5.91. The molecule has 2 N–H and O–H groups in total. The van der Waals surface area contributed by atoms with Gasteiger partial charge in [0.05, 0.1) is 36.7 Å². The van der Waals surface area contributed by atoms with Gasteiger partial charge in [-0.25, -0.2) is 14.8 Å².